The van der Waals surface area contributed by atoms with Gasteiger partial charge in [-0.15, -0.1) is 11.3 Å². The number of rotatable bonds is 6. The molecule has 1 atom stereocenters. The van der Waals surface area contributed by atoms with E-state index in [2.05, 4.69) is 10.3 Å². The number of nitrogens with zero attached hydrogens (tertiary/aromatic N) is 1. The molecule has 0 aromatic carbocycles. The van der Waals surface area contributed by atoms with Crippen LogP contribution >= 0.6 is 11.3 Å². The summed E-state index contributed by atoms with van der Waals surface area (Å²) in [7, 11) is 1.40. The largest absolute Gasteiger partial charge is 0.480 e. The number of pyridine rings is 1. The van der Waals surface area contributed by atoms with Crippen molar-refractivity contribution in [3.8, 4) is 0 Å². The van der Waals surface area contributed by atoms with E-state index >= 15 is 0 Å². The zero-order valence-corrected chi connectivity index (χ0v) is 14.1. The highest BCUT2D eigenvalue weighted by molar-refractivity contribution is 7.20. The Bertz CT molecular complexity index is 804. The molecule has 6 nitrogen and oxygen atoms in total. The number of aromatic nitrogens is 1. The van der Waals surface area contributed by atoms with Gasteiger partial charge in [0.25, 0.3) is 5.91 Å². The summed E-state index contributed by atoms with van der Waals surface area (Å²) < 4.78 is 43.0. The molecule has 2 aromatic heterocycles. The lowest BCUT2D eigenvalue weighted by Crippen LogP contribution is -2.41. The average molecular weight is 376 g/mol. The maximum absolute atomic E-state index is 12.7. The number of ether oxygens (including phenoxy) is 1. The quantitative estimate of drug-likeness (QED) is 0.809. The number of thiophene rings is 1. The number of nitrogens with one attached hydrogen (secondary N) is 1. The number of carbonyl (C=O) groups is 2. The molecule has 0 saturated carbocycles. The number of carboxylic acid groups (broad SMARTS) is 1. The highest BCUT2D eigenvalue weighted by Crippen LogP contribution is 2.34. The molecule has 0 saturated heterocycles. The van der Waals surface area contributed by atoms with Gasteiger partial charge in [-0.25, -0.2) is 9.78 Å². The number of amides is 1. The molecule has 0 bridgehead atoms. The third-order valence-corrected chi connectivity index (χ3v) is 4.71. The zero-order valence-electron chi connectivity index (χ0n) is 13.3. The summed E-state index contributed by atoms with van der Waals surface area (Å²) in [4.78, 5) is 27.3. The van der Waals surface area contributed by atoms with Gasteiger partial charge >= 0.3 is 12.1 Å². The Hall–Kier alpha value is -2.20. The summed E-state index contributed by atoms with van der Waals surface area (Å²) in [6, 6.07) is 0.950. The molecule has 0 aliphatic heterocycles. The highest BCUT2D eigenvalue weighted by Gasteiger charge is 2.33. The van der Waals surface area contributed by atoms with Crippen LogP contribution in [0, 0.1) is 6.92 Å². The number of methoxy groups -OCH3 is 1. The van der Waals surface area contributed by atoms with E-state index in [-0.39, 0.29) is 22.7 Å². The minimum Gasteiger partial charge on any atom is -0.480 e. The van der Waals surface area contributed by atoms with E-state index < -0.39 is 29.8 Å². The fourth-order valence-corrected chi connectivity index (χ4v) is 3.27. The molecule has 2 aromatic rings. The Balaban J connectivity index is 2.32. The molecule has 10 heteroatoms. The molecule has 2 heterocycles. The van der Waals surface area contributed by atoms with Crippen LogP contribution in [0.1, 0.15) is 27.3 Å². The molecule has 25 heavy (non-hydrogen) atoms. The minimum absolute atomic E-state index is 0.0674. The van der Waals surface area contributed by atoms with Crippen LogP contribution in [-0.2, 0) is 15.7 Å². The molecule has 1 unspecified atom stereocenters. The molecule has 0 aliphatic carbocycles. The van der Waals surface area contributed by atoms with E-state index in [4.69, 9.17) is 9.84 Å². The van der Waals surface area contributed by atoms with Gasteiger partial charge in [0.05, 0.1) is 4.88 Å². The molecular formula is C15H15F3N2O4S. The highest BCUT2D eigenvalue weighted by atomic mass is 32.1. The van der Waals surface area contributed by atoms with Crippen molar-refractivity contribution < 1.29 is 32.6 Å². The smallest absolute Gasteiger partial charge is 0.433 e. The number of carboxylic acids is 1. The monoisotopic (exact) mass is 376 g/mol. The number of alkyl halides is 3. The normalized spacial score (nSPS) is 13.0. The molecule has 2 N–H and O–H groups in total. The lowest BCUT2D eigenvalue weighted by atomic mass is 10.1. The van der Waals surface area contributed by atoms with Crippen molar-refractivity contribution in [2.24, 2.45) is 0 Å². The van der Waals surface area contributed by atoms with Crippen LogP contribution in [0.5, 0.6) is 0 Å². The van der Waals surface area contributed by atoms with Gasteiger partial charge in [0, 0.05) is 25.5 Å². The second kappa shape index (κ2) is 7.36. The van der Waals surface area contributed by atoms with Crippen molar-refractivity contribution in [2.75, 3.05) is 13.7 Å². The van der Waals surface area contributed by atoms with Crippen molar-refractivity contribution >= 4 is 33.4 Å². The van der Waals surface area contributed by atoms with Crippen molar-refractivity contribution in [3.63, 3.8) is 0 Å². The number of hydrogen-bond donors (Lipinski definition) is 2. The summed E-state index contributed by atoms with van der Waals surface area (Å²) in [5.74, 6) is -1.89. The molecule has 1 amide bonds. The van der Waals surface area contributed by atoms with Crippen LogP contribution in [0.15, 0.2) is 12.1 Å². The second-order valence-corrected chi connectivity index (χ2v) is 6.25. The Morgan fingerprint density at radius 1 is 1.40 bits per heavy atom. The van der Waals surface area contributed by atoms with Crippen molar-refractivity contribution in [1.29, 1.82) is 0 Å². The molecular weight excluding hydrogens is 361 g/mol. The number of aliphatic carboxylic acids is 1. The van der Waals surface area contributed by atoms with Gasteiger partial charge in [-0.1, -0.05) is 0 Å². The topological polar surface area (TPSA) is 88.5 Å². The second-order valence-electron chi connectivity index (χ2n) is 5.25. The Morgan fingerprint density at radius 3 is 2.64 bits per heavy atom. The lowest BCUT2D eigenvalue weighted by molar-refractivity contribution is -0.141. The van der Waals surface area contributed by atoms with Crippen LogP contribution < -0.4 is 5.32 Å². The number of carbonyl (C=O) groups excluding carboxylic acids is 1. The number of fused-ring (bicyclic) bond motifs is 1. The summed E-state index contributed by atoms with van der Waals surface area (Å²) in [6.45, 7) is 1.72. The van der Waals surface area contributed by atoms with E-state index in [0.29, 0.717) is 10.9 Å². The lowest BCUT2D eigenvalue weighted by Gasteiger charge is -2.13. The SMILES string of the molecule is COCCC(NC(=O)c1sc2nc(C(F)(F)F)ccc2c1C)C(=O)O. The molecule has 136 valence electrons. The van der Waals surface area contributed by atoms with Gasteiger partial charge in [0.1, 0.15) is 16.6 Å². The summed E-state index contributed by atoms with van der Waals surface area (Å²) >= 11 is 0.792. The Labute approximate surface area is 144 Å². The number of hydrogen-bond acceptors (Lipinski definition) is 5. The fraction of sp³-hybridized carbons (Fsp3) is 0.400. The van der Waals surface area contributed by atoms with E-state index in [0.717, 1.165) is 17.4 Å². The molecule has 0 fully saturated rings. The van der Waals surface area contributed by atoms with Gasteiger partial charge in [-0.2, -0.15) is 13.2 Å². The van der Waals surface area contributed by atoms with E-state index in [9.17, 15) is 22.8 Å². The Kier molecular flexibility index (Phi) is 5.63. The molecule has 0 spiro atoms. The van der Waals surface area contributed by atoms with Crippen molar-refractivity contribution in [2.45, 2.75) is 25.6 Å². The van der Waals surface area contributed by atoms with Crippen LogP contribution in [0.2, 0.25) is 0 Å². The van der Waals surface area contributed by atoms with E-state index in [1.807, 2.05) is 0 Å². The van der Waals surface area contributed by atoms with Crippen LogP contribution in [0.3, 0.4) is 0 Å². The molecule has 0 radical (unpaired) electrons. The van der Waals surface area contributed by atoms with E-state index in [1.54, 1.807) is 6.92 Å². The summed E-state index contributed by atoms with van der Waals surface area (Å²) in [5, 5.41) is 11.9. The van der Waals surface area contributed by atoms with Gasteiger partial charge in [0.2, 0.25) is 0 Å². The third-order valence-electron chi connectivity index (χ3n) is 3.51. The molecule has 0 aliphatic rings. The van der Waals surface area contributed by atoms with E-state index in [1.165, 1.54) is 13.2 Å². The summed E-state index contributed by atoms with van der Waals surface area (Å²) in [5.41, 5.74) is -0.591. The fourth-order valence-electron chi connectivity index (χ4n) is 2.19. The van der Waals surface area contributed by atoms with Gasteiger partial charge in [-0.3, -0.25) is 4.79 Å². The first-order chi connectivity index (χ1) is 11.6. The Morgan fingerprint density at radius 2 is 2.08 bits per heavy atom. The third kappa shape index (κ3) is 4.26. The first-order valence-corrected chi connectivity index (χ1v) is 7.96. The minimum atomic E-state index is -4.58. The first kappa shape index (κ1) is 19.1. The van der Waals surface area contributed by atoms with Crippen LogP contribution in [0.25, 0.3) is 10.2 Å². The van der Waals surface area contributed by atoms with Gasteiger partial charge < -0.3 is 15.2 Å². The van der Waals surface area contributed by atoms with Crippen LogP contribution in [-0.4, -0.2) is 41.7 Å². The van der Waals surface area contributed by atoms with Crippen LogP contribution in [0.4, 0.5) is 13.2 Å². The average Bonchev–Trinajstić information content (AvgIpc) is 2.86. The standard InChI is InChI=1S/C15H15F3N2O4S/c1-7-8-3-4-10(15(16,17)18)20-13(8)25-11(7)12(21)19-9(14(22)23)5-6-24-2/h3-4,9H,5-6H2,1-2H3,(H,19,21)(H,22,23). The maximum atomic E-state index is 12.7. The predicted octanol–water partition coefficient (Wildman–Crippen LogP) is 2.84. The summed E-state index contributed by atoms with van der Waals surface area (Å²) in [6.07, 6.45) is -4.51. The predicted molar refractivity (Wildman–Crippen MR) is 84.7 cm³/mol. The van der Waals surface area contributed by atoms with Gasteiger partial charge in [-0.05, 0) is 24.6 Å². The zero-order chi connectivity index (χ0) is 18.8. The van der Waals surface area contributed by atoms with Crippen molar-refractivity contribution in [3.05, 3.63) is 28.3 Å². The van der Waals surface area contributed by atoms with Gasteiger partial charge in [0.15, 0.2) is 0 Å². The number of aryl methyl sites for hydroxylation is 1. The number of halogens is 3. The first-order valence-electron chi connectivity index (χ1n) is 7.15. The maximum Gasteiger partial charge on any atom is 0.433 e. The van der Waals surface area contributed by atoms with Crippen molar-refractivity contribution in [1.82, 2.24) is 10.3 Å². The molecule has 2 rings (SSSR count).